The highest BCUT2D eigenvalue weighted by molar-refractivity contribution is 5.90. The van der Waals surface area contributed by atoms with Gasteiger partial charge in [-0.2, -0.15) is 39.5 Å². The number of alkyl halides is 9. The zero-order chi connectivity index (χ0) is 26.6. The zero-order valence-electron chi connectivity index (χ0n) is 18.6. The van der Waals surface area contributed by atoms with E-state index in [1.54, 1.807) is 6.07 Å². The molecule has 2 aromatic carbocycles. The van der Waals surface area contributed by atoms with Crippen LogP contribution in [0.15, 0.2) is 48.5 Å². The second-order valence-corrected chi connectivity index (χ2v) is 9.53. The lowest BCUT2D eigenvalue weighted by molar-refractivity contribution is -0.158. The number of likely N-dealkylation sites (tertiary alicyclic amines) is 1. The number of anilines is 1. The Morgan fingerprint density at radius 1 is 0.861 bits per heavy atom. The summed E-state index contributed by atoms with van der Waals surface area (Å²) in [6, 6.07) is 6.87. The number of urea groups is 1. The lowest BCUT2D eigenvalue weighted by Crippen LogP contribution is -2.49. The van der Waals surface area contributed by atoms with Gasteiger partial charge in [0.05, 0.1) is 23.1 Å². The SMILES string of the molecule is O=C(Nc1cc(C(F)(F)F)cc(C(F)(F)F)c1)N1CC2(CCC2)C[C@@]1(CC(F)(F)F)c1ccccc1. The molecule has 2 aromatic rings. The third-order valence-electron chi connectivity index (χ3n) is 6.98. The Morgan fingerprint density at radius 2 is 1.42 bits per heavy atom. The van der Waals surface area contributed by atoms with Crippen molar-refractivity contribution in [3.05, 3.63) is 65.2 Å². The normalized spacial score (nSPS) is 22.0. The van der Waals surface area contributed by atoms with Gasteiger partial charge in [-0.25, -0.2) is 4.79 Å². The van der Waals surface area contributed by atoms with Gasteiger partial charge in [-0.15, -0.1) is 0 Å². The van der Waals surface area contributed by atoms with Gasteiger partial charge in [0.15, 0.2) is 0 Å². The van der Waals surface area contributed by atoms with Crippen LogP contribution >= 0.6 is 0 Å². The third kappa shape index (κ3) is 5.12. The van der Waals surface area contributed by atoms with Gasteiger partial charge in [0, 0.05) is 12.2 Å². The van der Waals surface area contributed by atoms with E-state index in [-0.39, 0.29) is 24.6 Å². The predicted octanol–water partition coefficient (Wildman–Crippen LogP) is 7.98. The number of carbonyl (C=O) groups is 1. The van der Waals surface area contributed by atoms with E-state index in [1.165, 1.54) is 24.3 Å². The number of halogens is 9. The molecule has 1 saturated heterocycles. The van der Waals surface area contributed by atoms with E-state index in [1.807, 2.05) is 5.32 Å². The van der Waals surface area contributed by atoms with Crippen molar-refractivity contribution in [2.75, 3.05) is 11.9 Å². The Morgan fingerprint density at radius 3 is 1.86 bits per heavy atom. The van der Waals surface area contributed by atoms with E-state index in [4.69, 9.17) is 0 Å². The first-order valence-electron chi connectivity index (χ1n) is 11.0. The maximum atomic E-state index is 13.8. The molecule has 196 valence electrons. The van der Waals surface area contributed by atoms with Crippen molar-refractivity contribution in [1.82, 2.24) is 4.90 Å². The number of hydrogen-bond acceptors (Lipinski definition) is 1. The highest BCUT2D eigenvalue weighted by Gasteiger charge is 2.61. The van der Waals surface area contributed by atoms with Crippen LogP contribution in [-0.2, 0) is 17.9 Å². The summed E-state index contributed by atoms with van der Waals surface area (Å²) in [6.45, 7) is -0.102. The fraction of sp³-hybridized carbons (Fsp3) is 0.458. The molecule has 0 aromatic heterocycles. The smallest absolute Gasteiger partial charge is 0.314 e. The van der Waals surface area contributed by atoms with Crippen molar-refractivity contribution in [3.63, 3.8) is 0 Å². The lowest BCUT2D eigenvalue weighted by atomic mass is 9.64. The molecule has 0 bridgehead atoms. The van der Waals surface area contributed by atoms with Gasteiger partial charge in [0.1, 0.15) is 0 Å². The minimum atomic E-state index is -5.14. The van der Waals surface area contributed by atoms with E-state index in [0.717, 1.165) is 11.3 Å². The minimum absolute atomic E-state index is 0.0205. The van der Waals surface area contributed by atoms with Gasteiger partial charge >= 0.3 is 24.6 Å². The van der Waals surface area contributed by atoms with Crippen LogP contribution < -0.4 is 5.32 Å². The van der Waals surface area contributed by atoms with Gasteiger partial charge in [-0.1, -0.05) is 36.8 Å². The summed E-state index contributed by atoms with van der Waals surface area (Å²) in [4.78, 5) is 14.3. The van der Waals surface area contributed by atoms with E-state index < -0.39 is 58.7 Å². The molecular formula is C24H21F9N2O. The Kier molecular flexibility index (Phi) is 6.24. The lowest BCUT2D eigenvalue weighted by Gasteiger charge is -2.40. The highest BCUT2D eigenvalue weighted by Crippen LogP contribution is 2.60. The molecule has 2 fully saturated rings. The summed E-state index contributed by atoms with van der Waals surface area (Å²) in [5, 5.41) is 2.02. The molecule has 0 radical (unpaired) electrons. The Labute approximate surface area is 200 Å². The first-order chi connectivity index (χ1) is 16.5. The first kappa shape index (κ1) is 26.2. The minimum Gasteiger partial charge on any atom is -0.314 e. The van der Waals surface area contributed by atoms with Gasteiger partial charge in [-0.3, -0.25) is 0 Å². The maximum absolute atomic E-state index is 13.8. The van der Waals surface area contributed by atoms with Crippen molar-refractivity contribution in [2.24, 2.45) is 5.41 Å². The monoisotopic (exact) mass is 524 g/mol. The molecule has 1 aliphatic carbocycles. The summed E-state index contributed by atoms with van der Waals surface area (Å²) in [5.41, 5.74) is -6.38. The molecule has 0 unspecified atom stereocenters. The molecule has 3 nitrogen and oxygen atoms in total. The van der Waals surface area contributed by atoms with Gasteiger partial charge in [-0.05, 0) is 48.4 Å². The van der Waals surface area contributed by atoms with Gasteiger partial charge in [0.2, 0.25) is 0 Å². The molecule has 2 aliphatic rings. The second kappa shape index (κ2) is 8.58. The van der Waals surface area contributed by atoms with Gasteiger partial charge < -0.3 is 10.2 Å². The van der Waals surface area contributed by atoms with Crippen molar-refractivity contribution < 1.29 is 44.3 Å². The molecular weight excluding hydrogens is 503 g/mol. The Hall–Kier alpha value is -2.92. The standard InChI is InChI=1S/C24H21F9N2O/c25-22(26,27)13-21(15-5-2-1-3-6-15)12-20(7-4-8-20)14-35(21)19(36)34-18-10-16(23(28,29)30)9-17(11-18)24(31,32)33/h1-3,5-6,9-11H,4,7-8,12-14H2,(H,34,36)/t21-/m1/s1. The maximum Gasteiger partial charge on any atom is 0.416 e. The van der Waals surface area contributed by atoms with E-state index in [2.05, 4.69) is 0 Å². The number of benzene rings is 2. The summed E-state index contributed by atoms with van der Waals surface area (Å²) >= 11 is 0. The number of hydrogen-bond donors (Lipinski definition) is 1. The fourth-order valence-corrected chi connectivity index (χ4v) is 5.35. The molecule has 2 amide bonds. The van der Waals surface area contributed by atoms with Crippen molar-refractivity contribution in [1.29, 1.82) is 0 Å². The summed E-state index contributed by atoms with van der Waals surface area (Å²) < 4.78 is 121. The molecule has 36 heavy (non-hydrogen) atoms. The average Bonchev–Trinajstić information content (AvgIpc) is 3.08. The molecule has 1 aliphatic heterocycles. The Bertz CT molecular complexity index is 1090. The number of nitrogens with zero attached hydrogens (tertiary/aromatic N) is 1. The molecule has 1 heterocycles. The van der Waals surface area contributed by atoms with Crippen LogP contribution in [0.5, 0.6) is 0 Å². The van der Waals surface area contributed by atoms with Crippen molar-refractivity contribution in [3.8, 4) is 0 Å². The van der Waals surface area contributed by atoms with E-state index in [9.17, 15) is 44.3 Å². The number of nitrogens with one attached hydrogen (secondary N) is 1. The molecule has 12 heteroatoms. The fourth-order valence-electron chi connectivity index (χ4n) is 5.35. The van der Waals surface area contributed by atoms with E-state index >= 15 is 0 Å². The summed E-state index contributed by atoms with van der Waals surface area (Å²) in [7, 11) is 0. The highest BCUT2D eigenvalue weighted by atomic mass is 19.4. The zero-order valence-corrected chi connectivity index (χ0v) is 18.6. The third-order valence-corrected chi connectivity index (χ3v) is 6.98. The first-order valence-corrected chi connectivity index (χ1v) is 11.0. The van der Waals surface area contributed by atoms with Crippen LogP contribution in [0.3, 0.4) is 0 Å². The summed E-state index contributed by atoms with van der Waals surface area (Å²) in [5.74, 6) is 0. The molecule has 1 N–H and O–H groups in total. The van der Waals surface area contributed by atoms with Crippen molar-refractivity contribution in [2.45, 2.75) is 56.2 Å². The molecule has 1 atom stereocenters. The van der Waals surface area contributed by atoms with Crippen molar-refractivity contribution >= 4 is 11.7 Å². The Balaban J connectivity index is 1.77. The van der Waals surface area contributed by atoms with Gasteiger partial charge in [0.25, 0.3) is 0 Å². The quantitative estimate of drug-likeness (QED) is 0.406. The molecule has 1 saturated carbocycles. The van der Waals surface area contributed by atoms with Crippen LogP contribution in [0.4, 0.5) is 50.0 Å². The number of rotatable bonds is 3. The number of amides is 2. The second-order valence-electron chi connectivity index (χ2n) is 9.53. The largest absolute Gasteiger partial charge is 0.416 e. The molecule has 1 spiro atoms. The topological polar surface area (TPSA) is 32.3 Å². The number of carbonyl (C=O) groups excluding carboxylic acids is 1. The average molecular weight is 524 g/mol. The van der Waals surface area contributed by atoms with Crippen LogP contribution in [0.2, 0.25) is 0 Å². The van der Waals surface area contributed by atoms with E-state index in [0.29, 0.717) is 25.0 Å². The predicted molar refractivity (Wildman–Crippen MR) is 112 cm³/mol. The molecule has 4 rings (SSSR count). The summed E-state index contributed by atoms with van der Waals surface area (Å²) in [6.07, 6.45) is -14.6. The van der Waals surface area contributed by atoms with Crippen LogP contribution in [0, 0.1) is 5.41 Å². The van der Waals surface area contributed by atoms with Crippen LogP contribution in [0.1, 0.15) is 48.8 Å². The van der Waals surface area contributed by atoms with Crippen LogP contribution in [0.25, 0.3) is 0 Å². The van der Waals surface area contributed by atoms with Crippen LogP contribution in [-0.4, -0.2) is 23.7 Å².